The second-order valence-electron chi connectivity index (χ2n) is 8.61. The van der Waals surface area contributed by atoms with Gasteiger partial charge in [-0.1, -0.05) is 18.2 Å². The molecule has 1 saturated heterocycles. The van der Waals surface area contributed by atoms with Gasteiger partial charge in [0.1, 0.15) is 36.8 Å². The summed E-state index contributed by atoms with van der Waals surface area (Å²) >= 11 is 0. The molecule has 13 nitrogen and oxygen atoms in total. The first-order valence-corrected chi connectivity index (χ1v) is 11.4. The molecule has 0 saturated carbocycles. The monoisotopic (exact) mass is 536 g/mol. The molecule has 3 rings (SSSR count). The van der Waals surface area contributed by atoms with Crippen molar-refractivity contribution in [3.8, 4) is 5.75 Å². The highest BCUT2D eigenvalue weighted by Gasteiger charge is 2.48. The van der Waals surface area contributed by atoms with Crippen molar-refractivity contribution in [2.75, 3.05) is 6.61 Å². The van der Waals surface area contributed by atoms with E-state index < -0.39 is 79.8 Å². The fourth-order valence-corrected chi connectivity index (χ4v) is 4.02. The van der Waals surface area contributed by atoms with Crippen molar-refractivity contribution in [3.05, 3.63) is 60.4 Å². The van der Waals surface area contributed by atoms with Crippen LogP contribution in [0, 0.1) is 11.8 Å². The lowest BCUT2D eigenvalue weighted by molar-refractivity contribution is -0.339. The number of aliphatic hydroxyl groups excluding tert-OH is 3. The van der Waals surface area contributed by atoms with Gasteiger partial charge < -0.3 is 49.6 Å². The molecule has 13 heteroatoms. The Labute approximate surface area is 216 Å². The van der Waals surface area contributed by atoms with E-state index in [0.29, 0.717) is 5.56 Å². The van der Waals surface area contributed by atoms with Gasteiger partial charge in [-0.05, 0) is 23.8 Å². The van der Waals surface area contributed by atoms with Crippen LogP contribution in [0.25, 0.3) is 6.08 Å². The number of carbonyl (C=O) groups excluding carboxylic acids is 1. The molecule has 0 radical (unpaired) electrons. The van der Waals surface area contributed by atoms with E-state index in [9.17, 15) is 45.0 Å². The molecular formula is C25H28O13. The van der Waals surface area contributed by atoms with Crippen molar-refractivity contribution in [2.45, 2.75) is 43.4 Å². The van der Waals surface area contributed by atoms with Crippen molar-refractivity contribution in [2.24, 2.45) is 11.8 Å². The van der Waals surface area contributed by atoms with E-state index in [0.717, 1.165) is 12.3 Å². The summed E-state index contributed by atoms with van der Waals surface area (Å²) in [6, 6.07) is 5.98. The number of aliphatic hydroxyl groups is 3. The van der Waals surface area contributed by atoms with Gasteiger partial charge in [0, 0.05) is 17.9 Å². The number of hydrogen-bond donors (Lipinski definition) is 6. The van der Waals surface area contributed by atoms with Crippen LogP contribution in [0.4, 0.5) is 0 Å². The Hall–Kier alpha value is -3.75. The van der Waals surface area contributed by atoms with Gasteiger partial charge in [0.2, 0.25) is 6.29 Å². The molecule has 0 spiro atoms. The number of ether oxygens (including phenoxy) is 4. The van der Waals surface area contributed by atoms with Crippen molar-refractivity contribution in [1.82, 2.24) is 0 Å². The standard InChI is InChI=1S/C25H28O13/c1-2-14-15(9-18(27)28)16(23(33)34)10-36-24(14)38-25-22(32)21(31)20(30)17(37-25)11-35-19(29)8-5-12-3-6-13(26)7-4-12/h2-8,10,14-15,17,20-22,24-26,30-32H,1,9,11H2,(H,27,28)(H,33,34)/b8-5+/t14?,15?,17-,20-,21+,22-,24?,25+/m1/s1. The van der Waals surface area contributed by atoms with E-state index in [4.69, 9.17) is 18.9 Å². The number of esters is 1. The molecule has 2 heterocycles. The number of carboxylic acid groups (broad SMARTS) is 2. The topological polar surface area (TPSA) is 210 Å². The van der Waals surface area contributed by atoms with E-state index in [1.165, 1.54) is 24.3 Å². The summed E-state index contributed by atoms with van der Waals surface area (Å²) in [7, 11) is 0. The predicted octanol–water partition coefficient (Wildman–Crippen LogP) is -0.00930. The summed E-state index contributed by atoms with van der Waals surface area (Å²) < 4.78 is 21.5. The number of aliphatic carboxylic acids is 2. The average Bonchev–Trinajstić information content (AvgIpc) is 2.87. The zero-order valence-electron chi connectivity index (χ0n) is 19.9. The molecule has 0 bridgehead atoms. The molecule has 2 aliphatic rings. The molecular weight excluding hydrogens is 508 g/mol. The second kappa shape index (κ2) is 12.7. The highest BCUT2D eigenvalue weighted by Crippen LogP contribution is 2.36. The molecule has 38 heavy (non-hydrogen) atoms. The maximum atomic E-state index is 12.1. The first kappa shape index (κ1) is 28.8. The molecule has 0 aromatic heterocycles. The minimum atomic E-state index is -1.79. The predicted molar refractivity (Wildman–Crippen MR) is 126 cm³/mol. The van der Waals surface area contributed by atoms with E-state index in [1.807, 2.05) is 0 Å². The molecule has 206 valence electrons. The van der Waals surface area contributed by atoms with Crippen molar-refractivity contribution >= 4 is 24.0 Å². The fraction of sp³-hybridized carbons (Fsp3) is 0.400. The summed E-state index contributed by atoms with van der Waals surface area (Å²) in [6.07, 6.45) is -5.55. The molecule has 6 N–H and O–H groups in total. The third-order valence-corrected chi connectivity index (χ3v) is 6.05. The number of phenols is 1. The van der Waals surface area contributed by atoms with Crippen LogP contribution in [0.15, 0.2) is 54.8 Å². The summed E-state index contributed by atoms with van der Waals surface area (Å²) in [5.74, 6) is -5.51. The zero-order chi connectivity index (χ0) is 28.0. The van der Waals surface area contributed by atoms with Crippen molar-refractivity contribution in [3.63, 3.8) is 0 Å². The lowest BCUT2D eigenvalue weighted by Crippen LogP contribution is -2.60. The molecule has 8 atom stereocenters. The van der Waals surface area contributed by atoms with E-state index in [1.54, 1.807) is 12.1 Å². The Kier molecular flexibility index (Phi) is 9.61. The molecule has 1 aromatic carbocycles. The number of carbonyl (C=O) groups is 3. The highest BCUT2D eigenvalue weighted by atomic mass is 16.8. The summed E-state index contributed by atoms with van der Waals surface area (Å²) in [5, 5.41) is 58.9. The Balaban J connectivity index is 1.67. The van der Waals surface area contributed by atoms with Crippen molar-refractivity contribution < 1.29 is 64.0 Å². The molecule has 3 unspecified atom stereocenters. The van der Waals surface area contributed by atoms with Gasteiger partial charge in [0.25, 0.3) is 0 Å². The van der Waals surface area contributed by atoms with Gasteiger partial charge in [-0.15, -0.1) is 6.58 Å². The van der Waals surface area contributed by atoms with E-state index >= 15 is 0 Å². The number of carboxylic acids is 2. The van der Waals surface area contributed by atoms with Gasteiger partial charge in [-0.2, -0.15) is 0 Å². The number of rotatable bonds is 10. The normalized spacial score (nSPS) is 31.2. The van der Waals surface area contributed by atoms with Gasteiger partial charge >= 0.3 is 17.9 Å². The molecule has 1 fully saturated rings. The Morgan fingerprint density at radius 3 is 2.29 bits per heavy atom. The number of hydrogen-bond acceptors (Lipinski definition) is 11. The third-order valence-electron chi connectivity index (χ3n) is 6.05. The van der Waals surface area contributed by atoms with Crippen LogP contribution >= 0.6 is 0 Å². The van der Waals surface area contributed by atoms with Crippen LogP contribution < -0.4 is 0 Å². The maximum Gasteiger partial charge on any atom is 0.335 e. The summed E-state index contributed by atoms with van der Waals surface area (Å²) in [6.45, 7) is 3.05. The number of phenolic OH excluding ortho intramolecular Hbond substituents is 1. The summed E-state index contributed by atoms with van der Waals surface area (Å²) in [4.78, 5) is 35.0. The van der Waals surface area contributed by atoms with Gasteiger partial charge in [-0.25, -0.2) is 9.59 Å². The molecule has 0 amide bonds. The molecule has 0 aliphatic carbocycles. The van der Waals surface area contributed by atoms with Crippen LogP contribution in [0.3, 0.4) is 0 Å². The quantitative estimate of drug-likeness (QED) is 0.132. The van der Waals surface area contributed by atoms with Crippen LogP contribution in [0.5, 0.6) is 5.75 Å². The van der Waals surface area contributed by atoms with Crippen LogP contribution in [-0.4, -0.2) is 92.1 Å². The lowest BCUT2D eigenvalue weighted by atomic mass is 9.81. The minimum Gasteiger partial charge on any atom is -0.508 e. The Morgan fingerprint density at radius 1 is 1.00 bits per heavy atom. The van der Waals surface area contributed by atoms with Crippen LogP contribution in [0.1, 0.15) is 12.0 Å². The number of benzene rings is 1. The SMILES string of the molecule is C=CC1C(O[C@@H]2O[C@H](COC(=O)/C=C/c3ccc(O)cc3)[C@@H](O)[C@H](O)[C@H]2O)OC=C(C(=O)O)C1CC(=O)O. The Bertz CT molecular complexity index is 1080. The Morgan fingerprint density at radius 2 is 1.68 bits per heavy atom. The van der Waals surface area contributed by atoms with Gasteiger partial charge in [0.15, 0.2) is 6.29 Å². The van der Waals surface area contributed by atoms with Gasteiger partial charge in [-0.3, -0.25) is 4.79 Å². The first-order chi connectivity index (χ1) is 18.0. The second-order valence-corrected chi connectivity index (χ2v) is 8.61. The minimum absolute atomic E-state index is 0.0551. The van der Waals surface area contributed by atoms with E-state index in [-0.39, 0.29) is 11.3 Å². The van der Waals surface area contributed by atoms with Crippen LogP contribution in [0.2, 0.25) is 0 Å². The summed E-state index contributed by atoms with van der Waals surface area (Å²) in [5.41, 5.74) is 0.286. The fourth-order valence-electron chi connectivity index (χ4n) is 4.02. The largest absolute Gasteiger partial charge is 0.508 e. The number of aromatic hydroxyl groups is 1. The third kappa shape index (κ3) is 6.96. The van der Waals surface area contributed by atoms with Gasteiger partial charge in [0.05, 0.1) is 18.3 Å². The smallest absolute Gasteiger partial charge is 0.335 e. The molecule has 1 aromatic rings. The average molecular weight is 536 g/mol. The van der Waals surface area contributed by atoms with E-state index in [2.05, 4.69) is 6.58 Å². The highest BCUT2D eigenvalue weighted by molar-refractivity contribution is 5.88. The molecule has 2 aliphatic heterocycles. The van der Waals surface area contributed by atoms with Crippen molar-refractivity contribution in [1.29, 1.82) is 0 Å². The maximum absolute atomic E-state index is 12.1. The first-order valence-electron chi connectivity index (χ1n) is 11.4. The zero-order valence-corrected chi connectivity index (χ0v) is 19.9. The van der Waals surface area contributed by atoms with Crippen LogP contribution in [-0.2, 0) is 33.3 Å². The lowest BCUT2D eigenvalue weighted by Gasteiger charge is -2.43.